The minimum absolute atomic E-state index is 0.137. The lowest BCUT2D eigenvalue weighted by molar-refractivity contribution is 0.145. The maximum Gasteiger partial charge on any atom is 0.141 e. The third kappa shape index (κ3) is 1.83. The molecular formula is C14H17N3OS. The molecule has 1 aliphatic carbocycles. The van der Waals surface area contributed by atoms with Crippen LogP contribution in [-0.4, -0.2) is 34.3 Å². The number of hydrogen-bond donors (Lipinski definition) is 1. The van der Waals surface area contributed by atoms with E-state index in [9.17, 15) is 5.11 Å². The Labute approximate surface area is 116 Å². The van der Waals surface area contributed by atoms with Crippen LogP contribution in [0.25, 0.3) is 10.2 Å². The summed E-state index contributed by atoms with van der Waals surface area (Å²) in [6, 6.07) is 0. The maximum atomic E-state index is 9.64. The molecule has 2 aliphatic rings. The lowest BCUT2D eigenvalue weighted by Gasteiger charge is -2.31. The molecule has 2 aromatic heterocycles. The Kier molecular flexibility index (Phi) is 2.70. The number of aromatic nitrogens is 2. The second-order valence-electron chi connectivity index (χ2n) is 5.45. The molecular weight excluding hydrogens is 258 g/mol. The standard InChI is InChI=1S/C14H17N3OS/c18-9-4-6-17(7-5-9)13-12-10-2-1-3-11(10)19-14(12)16-8-15-13/h8-9,18H,1-7H2. The summed E-state index contributed by atoms with van der Waals surface area (Å²) in [5.74, 6) is 1.09. The number of aliphatic hydroxyl groups excluding tert-OH is 1. The van der Waals surface area contributed by atoms with Crippen LogP contribution in [0.15, 0.2) is 6.33 Å². The van der Waals surface area contributed by atoms with Gasteiger partial charge in [-0.1, -0.05) is 0 Å². The van der Waals surface area contributed by atoms with Crippen molar-refractivity contribution in [2.24, 2.45) is 0 Å². The van der Waals surface area contributed by atoms with Gasteiger partial charge in [-0.05, 0) is 37.7 Å². The second kappa shape index (κ2) is 4.42. The molecule has 0 amide bonds. The fourth-order valence-electron chi connectivity index (χ4n) is 3.23. The minimum atomic E-state index is -0.137. The average Bonchev–Trinajstić information content (AvgIpc) is 2.99. The quantitative estimate of drug-likeness (QED) is 0.866. The van der Waals surface area contributed by atoms with Gasteiger partial charge in [0.15, 0.2) is 0 Å². The van der Waals surface area contributed by atoms with Gasteiger partial charge < -0.3 is 10.0 Å². The molecule has 1 N–H and O–H groups in total. The van der Waals surface area contributed by atoms with Crippen LogP contribution < -0.4 is 4.90 Å². The Hall–Kier alpha value is -1.20. The van der Waals surface area contributed by atoms with Crippen LogP contribution in [-0.2, 0) is 12.8 Å². The highest BCUT2D eigenvalue weighted by Gasteiger charge is 2.25. The first-order valence-corrected chi connectivity index (χ1v) is 7.83. The van der Waals surface area contributed by atoms with E-state index in [0.717, 1.165) is 36.6 Å². The smallest absolute Gasteiger partial charge is 0.141 e. The molecule has 0 saturated carbocycles. The van der Waals surface area contributed by atoms with Gasteiger partial charge >= 0.3 is 0 Å². The molecule has 1 aliphatic heterocycles. The molecule has 0 unspecified atom stereocenters. The van der Waals surface area contributed by atoms with Gasteiger partial charge in [0.05, 0.1) is 11.5 Å². The molecule has 4 rings (SSSR count). The first kappa shape index (κ1) is 11.6. The molecule has 5 heteroatoms. The second-order valence-corrected chi connectivity index (χ2v) is 6.54. The summed E-state index contributed by atoms with van der Waals surface area (Å²) in [5.41, 5.74) is 1.49. The van der Waals surface area contributed by atoms with Crippen LogP contribution in [0.2, 0.25) is 0 Å². The topological polar surface area (TPSA) is 49.2 Å². The number of aryl methyl sites for hydroxylation is 2. The fraction of sp³-hybridized carbons (Fsp3) is 0.571. The van der Waals surface area contributed by atoms with Gasteiger partial charge in [-0.25, -0.2) is 9.97 Å². The van der Waals surface area contributed by atoms with E-state index in [2.05, 4.69) is 14.9 Å². The van der Waals surface area contributed by atoms with Gasteiger partial charge in [0.25, 0.3) is 0 Å². The van der Waals surface area contributed by atoms with Crippen molar-refractivity contribution in [2.45, 2.75) is 38.2 Å². The highest BCUT2D eigenvalue weighted by atomic mass is 32.1. The number of piperidine rings is 1. The Bertz CT molecular complexity index is 616. The van der Waals surface area contributed by atoms with E-state index in [4.69, 9.17) is 0 Å². The number of fused-ring (bicyclic) bond motifs is 3. The lowest BCUT2D eigenvalue weighted by atomic mass is 10.1. The van der Waals surface area contributed by atoms with Crippen molar-refractivity contribution in [3.05, 3.63) is 16.8 Å². The zero-order valence-corrected chi connectivity index (χ0v) is 11.6. The molecule has 0 spiro atoms. The van der Waals surface area contributed by atoms with Crippen molar-refractivity contribution in [3.8, 4) is 0 Å². The Balaban J connectivity index is 1.81. The van der Waals surface area contributed by atoms with Crippen molar-refractivity contribution < 1.29 is 5.11 Å². The number of thiophene rings is 1. The SMILES string of the molecule is OC1CCN(c2ncnc3sc4c(c23)CCC4)CC1. The van der Waals surface area contributed by atoms with E-state index < -0.39 is 0 Å². The van der Waals surface area contributed by atoms with Gasteiger partial charge in [-0.2, -0.15) is 0 Å². The number of anilines is 1. The van der Waals surface area contributed by atoms with E-state index >= 15 is 0 Å². The summed E-state index contributed by atoms with van der Waals surface area (Å²) >= 11 is 1.84. The molecule has 0 atom stereocenters. The van der Waals surface area contributed by atoms with Gasteiger partial charge in [0.1, 0.15) is 17.0 Å². The van der Waals surface area contributed by atoms with E-state index in [1.807, 2.05) is 11.3 Å². The molecule has 4 nitrogen and oxygen atoms in total. The van der Waals surface area contributed by atoms with Gasteiger partial charge in [0.2, 0.25) is 0 Å². The summed E-state index contributed by atoms with van der Waals surface area (Å²) < 4.78 is 0. The Morgan fingerprint density at radius 3 is 2.89 bits per heavy atom. The first-order chi connectivity index (χ1) is 9.33. The normalized spacial score (nSPS) is 20.2. The molecule has 3 heterocycles. The molecule has 1 saturated heterocycles. The number of hydrogen-bond acceptors (Lipinski definition) is 5. The zero-order valence-electron chi connectivity index (χ0n) is 10.8. The van der Waals surface area contributed by atoms with Crippen molar-refractivity contribution >= 4 is 27.4 Å². The van der Waals surface area contributed by atoms with E-state index in [0.29, 0.717) is 0 Å². The third-order valence-corrected chi connectivity index (χ3v) is 5.45. The molecule has 0 aromatic carbocycles. The predicted octanol–water partition coefficient (Wildman–Crippen LogP) is 2.14. The summed E-state index contributed by atoms with van der Waals surface area (Å²) in [5, 5.41) is 10.9. The van der Waals surface area contributed by atoms with Crippen LogP contribution in [0.1, 0.15) is 29.7 Å². The van der Waals surface area contributed by atoms with Crippen molar-refractivity contribution in [3.63, 3.8) is 0 Å². The molecule has 1 fully saturated rings. The minimum Gasteiger partial charge on any atom is -0.393 e. The Morgan fingerprint density at radius 1 is 1.21 bits per heavy atom. The van der Waals surface area contributed by atoms with Crippen molar-refractivity contribution in [2.75, 3.05) is 18.0 Å². The third-order valence-electron chi connectivity index (χ3n) is 4.25. The van der Waals surface area contributed by atoms with Crippen LogP contribution in [0, 0.1) is 0 Å². The van der Waals surface area contributed by atoms with E-state index in [-0.39, 0.29) is 6.10 Å². The van der Waals surface area contributed by atoms with Crippen LogP contribution in [0.4, 0.5) is 5.82 Å². The number of aliphatic hydroxyl groups is 1. The lowest BCUT2D eigenvalue weighted by Crippen LogP contribution is -2.36. The number of nitrogens with zero attached hydrogens (tertiary/aromatic N) is 3. The van der Waals surface area contributed by atoms with Crippen molar-refractivity contribution in [1.29, 1.82) is 0 Å². The van der Waals surface area contributed by atoms with Gasteiger partial charge in [-0.3, -0.25) is 0 Å². The molecule has 0 bridgehead atoms. The molecule has 0 radical (unpaired) electrons. The average molecular weight is 275 g/mol. The van der Waals surface area contributed by atoms with Gasteiger partial charge in [0, 0.05) is 18.0 Å². The summed E-state index contributed by atoms with van der Waals surface area (Å²) in [7, 11) is 0. The molecule has 19 heavy (non-hydrogen) atoms. The monoisotopic (exact) mass is 275 g/mol. The van der Waals surface area contributed by atoms with E-state index in [1.54, 1.807) is 6.33 Å². The summed E-state index contributed by atoms with van der Waals surface area (Å²) in [4.78, 5) is 14.0. The fourth-order valence-corrected chi connectivity index (χ4v) is 4.45. The summed E-state index contributed by atoms with van der Waals surface area (Å²) in [6.07, 6.45) is 6.89. The van der Waals surface area contributed by atoms with E-state index in [1.165, 1.54) is 35.1 Å². The maximum absolute atomic E-state index is 9.64. The van der Waals surface area contributed by atoms with Crippen LogP contribution in [0.3, 0.4) is 0 Å². The van der Waals surface area contributed by atoms with Crippen molar-refractivity contribution in [1.82, 2.24) is 9.97 Å². The predicted molar refractivity (Wildman–Crippen MR) is 76.9 cm³/mol. The van der Waals surface area contributed by atoms with Crippen LogP contribution >= 0.6 is 11.3 Å². The summed E-state index contributed by atoms with van der Waals surface area (Å²) in [6.45, 7) is 1.80. The first-order valence-electron chi connectivity index (χ1n) is 7.01. The molecule has 2 aromatic rings. The van der Waals surface area contributed by atoms with Gasteiger partial charge in [-0.15, -0.1) is 11.3 Å². The largest absolute Gasteiger partial charge is 0.393 e. The zero-order chi connectivity index (χ0) is 12.8. The highest BCUT2D eigenvalue weighted by molar-refractivity contribution is 7.19. The Morgan fingerprint density at radius 2 is 2.05 bits per heavy atom. The number of rotatable bonds is 1. The molecule has 100 valence electrons. The highest BCUT2D eigenvalue weighted by Crippen LogP contribution is 2.40. The van der Waals surface area contributed by atoms with Crippen LogP contribution in [0.5, 0.6) is 0 Å².